The minimum absolute atomic E-state index is 0.137. The molecule has 1 atom stereocenters. The zero-order valence-corrected chi connectivity index (χ0v) is 17.2. The van der Waals surface area contributed by atoms with Crippen molar-refractivity contribution in [2.24, 2.45) is 0 Å². The molecule has 0 unspecified atom stereocenters. The zero-order chi connectivity index (χ0) is 21.6. The first kappa shape index (κ1) is 22.6. The number of ether oxygens (including phenoxy) is 2. The van der Waals surface area contributed by atoms with Gasteiger partial charge in [0.25, 0.3) is 5.69 Å². The van der Waals surface area contributed by atoms with E-state index in [-0.39, 0.29) is 18.1 Å². The van der Waals surface area contributed by atoms with Crippen LogP contribution in [0.2, 0.25) is 5.02 Å². The monoisotopic (exact) mass is 442 g/mol. The minimum atomic E-state index is -4.30. The van der Waals surface area contributed by atoms with E-state index in [1.54, 1.807) is 31.2 Å². The number of sulfonamides is 1. The van der Waals surface area contributed by atoms with Gasteiger partial charge in [0.1, 0.15) is 10.6 Å². The van der Waals surface area contributed by atoms with Crippen LogP contribution in [0, 0.1) is 10.1 Å². The van der Waals surface area contributed by atoms with Crippen molar-refractivity contribution in [1.29, 1.82) is 0 Å². The number of esters is 1. The lowest BCUT2D eigenvalue weighted by atomic mass is 10.0. The van der Waals surface area contributed by atoms with Crippen molar-refractivity contribution in [3.05, 3.63) is 63.2 Å². The topological polar surface area (TPSA) is 125 Å². The highest BCUT2D eigenvalue weighted by atomic mass is 35.5. The molecule has 0 spiro atoms. The lowest BCUT2D eigenvalue weighted by Gasteiger charge is -2.19. The molecule has 1 N–H and O–H groups in total. The van der Waals surface area contributed by atoms with Crippen molar-refractivity contribution in [3.63, 3.8) is 0 Å². The Morgan fingerprint density at radius 2 is 1.90 bits per heavy atom. The van der Waals surface area contributed by atoms with Crippen LogP contribution in [0.25, 0.3) is 0 Å². The number of carbonyl (C=O) groups excluding carboxylic acids is 1. The number of nitrogens with one attached hydrogen (secondary N) is 1. The minimum Gasteiger partial charge on any atom is -0.497 e. The Labute approximate surface area is 172 Å². The number of methoxy groups -OCH3 is 1. The van der Waals surface area contributed by atoms with Crippen LogP contribution < -0.4 is 9.46 Å². The highest BCUT2D eigenvalue weighted by Gasteiger charge is 2.27. The number of non-ortho nitro benzene ring substituents is 1. The predicted molar refractivity (Wildman–Crippen MR) is 105 cm³/mol. The van der Waals surface area contributed by atoms with Crippen LogP contribution >= 0.6 is 11.6 Å². The Morgan fingerprint density at radius 1 is 1.24 bits per heavy atom. The fourth-order valence-electron chi connectivity index (χ4n) is 2.51. The number of hydrogen-bond acceptors (Lipinski definition) is 7. The van der Waals surface area contributed by atoms with E-state index in [9.17, 15) is 23.3 Å². The van der Waals surface area contributed by atoms with Crippen molar-refractivity contribution in [2.75, 3.05) is 13.7 Å². The van der Waals surface area contributed by atoms with Crippen LogP contribution in [-0.2, 0) is 19.6 Å². The van der Waals surface area contributed by atoms with Crippen molar-refractivity contribution >= 4 is 33.3 Å². The summed E-state index contributed by atoms with van der Waals surface area (Å²) in [5, 5.41) is 10.8. The summed E-state index contributed by atoms with van der Waals surface area (Å²) >= 11 is 5.96. The van der Waals surface area contributed by atoms with E-state index >= 15 is 0 Å². The molecule has 0 aromatic heterocycles. The lowest BCUT2D eigenvalue weighted by Crippen LogP contribution is -2.31. The molecule has 11 heteroatoms. The summed E-state index contributed by atoms with van der Waals surface area (Å²) in [6.07, 6.45) is -0.286. The van der Waals surface area contributed by atoms with Gasteiger partial charge in [0.15, 0.2) is 0 Å². The number of rotatable bonds is 9. The lowest BCUT2D eigenvalue weighted by molar-refractivity contribution is -0.385. The quantitative estimate of drug-likeness (QED) is 0.359. The standard InChI is InChI=1S/C18H19ClN2O7S/c1-3-28-18(22)11-16(12-4-7-14(27-2)8-5-12)20-29(25,26)17-10-13(21(23)24)6-9-15(17)19/h4-10,16,20H,3,11H2,1-2H3/t16-/m0/s1. The Bertz CT molecular complexity index is 994. The fourth-order valence-corrected chi connectivity index (χ4v) is 4.26. The van der Waals surface area contributed by atoms with Gasteiger partial charge in [-0.1, -0.05) is 23.7 Å². The van der Waals surface area contributed by atoms with Crippen LogP contribution in [0.5, 0.6) is 5.75 Å². The van der Waals surface area contributed by atoms with Gasteiger partial charge in [-0.3, -0.25) is 14.9 Å². The van der Waals surface area contributed by atoms with E-state index in [2.05, 4.69) is 4.72 Å². The Hall–Kier alpha value is -2.69. The molecule has 0 amide bonds. The van der Waals surface area contributed by atoms with Gasteiger partial charge in [-0.25, -0.2) is 13.1 Å². The first-order valence-electron chi connectivity index (χ1n) is 8.43. The van der Waals surface area contributed by atoms with Crippen LogP contribution in [0.4, 0.5) is 5.69 Å². The number of nitro benzene ring substituents is 1. The van der Waals surface area contributed by atoms with Crippen molar-refractivity contribution in [2.45, 2.75) is 24.3 Å². The SMILES string of the molecule is CCOC(=O)C[C@H](NS(=O)(=O)c1cc([N+](=O)[O-])ccc1Cl)c1ccc(OC)cc1. The molecular formula is C18H19ClN2O7S. The normalized spacial score (nSPS) is 12.2. The largest absolute Gasteiger partial charge is 0.497 e. The molecule has 0 saturated heterocycles. The highest BCUT2D eigenvalue weighted by Crippen LogP contribution is 2.29. The smallest absolute Gasteiger partial charge is 0.307 e. The molecule has 0 bridgehead atoms. The van der Waals surface area contributed by atoms with Gasteiger partial charge in [0.05, 0.1) is 36.1 Å². The maximum Gasteiger partial charge on any atom is 0.307 e. The number of carbonyl (C=O) groups is 1. The maximum atomic E-state index is 12.9. The average Bonchev–Trinajstić information content (AvgIpc) is 2.67. The summed E-state index contributed by atoms with van der Waals surface area (Å²) in [6, 6.07) is 8.52. The number of benzene rings is 2. The number of nitro groups is 1. The van der Waals surface area contributed by atoms with Crippen LogP contribution in [0.3, 0.4) is 0 Å². The molecule has 0 radical (unpaired) electrons. The van der Waals surface area contributed by atoms with Gasteiger partial charge in [-0.2, -0.15) is 0 Å². The molecule has 2 aromatic carbocycles. The molecule has 0 saturated carbocycles. The second-order valence-corrected chi connectivity index (χ2v) is 7.92. The van der Waals surface area contributed by atoms with E-state index in [1.165, 1.54) is 7.11 Å². The first-order chi connectivity index (χ1) is 13.7. The summed E-state index contributed by atoms with van der Waals surface area (Å²) in [5.74, 6) is -0.0608. The highest BCUT2D eigenvalue weighted by molar-refractivity contribution is 7.89. The van der Waals surface area contributed by atoms with E-state index < -0.39 is 37.5 Å². The van der Waals surface area contributed by atoms with Gasteiger partial charge in [0.2, 0.25) is 10.0 Å². The van der Waals surface area contributed by atoms with Gasteiger partial charge < -0.3 is 9.47 Å². The molecule has 0 heterocycles. The Kier molecular flexibility index (Phi) is 7.54. The third kappa shape index (κ3) is 5.89. The Balaban J connectivity index is 2.41. The molecule has 2 aromatic rings. The molecule has 2 rings (SSSR count). The molecule has 29 heavy (non-hydrogen) atoms. The van der Waals surface area contributed by atoms with Gasteiger partial charge in [-0.15, -0.1) is 0 Å². The summed E-state index contributed by atoms with van der Waals surface area (Å²) in [7, 11) is -2.81. The van der Waals surface area contributed by atoms with Crippen LogP contribution in [-0.4, -0.2) is 33.0 Å². The number of halogens is 1. The molecule has 0 aliphatic heterocycles. The van der Waals surface area contributed by atoms with Crippen LogP contribution in [0.15, 0.2) is 47.4 Å². The second-order valence-electron chi connectivity index (χ2n) is 5.83. The van der Waals surface area contributed by atoms with E-state index in [4.69, 9.17) is 21.1 Å². The van der Waals surface area contributed by atoms with E-state index in [0.717, 1.165) is 18.2 Å². The summed E-state index contributed by atoms with van der Waals surface area (Å²) in [4.78, 5) is 21.8. The third-order valence-electron chi connectivity index (χ3n) is 3.91. The first-order valence-corrected chi connectivity index (χ1v) is 10.3. The fraction of sp³-hybridized carbons (Fsp3) is 0.278. The van der Waals surface area contributed by atoms with Crippen LogP contribution in [0.1, 0.15) is 24.9 Å². The molecule has 9 nitrogen and oxygen atoms in total. The molecule has 156 valence electrons. The van der Waals surface area contributed by atoms with Gasteiger partial charge in [0, 0.05) is 12.1 Å². The molecule has 0 aliphatic rings. The van der Waals surface area contributed by atoms with E-state index in [1.807, 2.05) is 0 Å². The van der Waals surface area contributed by atoms with E-state index in [0.29, 0.717) is 11.3 Å². The average molecular weight is 443 g/mol. The zero-order valence-electron chi connectivity index (χ0n) is 15.6. The van der Waals surface area contributed by atoms with Crippen molar-refractivity contribution in [1.82, 2.24) is 4.72 Å². The van der Waals surface area contributed by atoms with Crippen molar-refractivity contribution < 1.29 is 27.6 Å². The Morgan fingerprint density at radius 3 is 2.45 bits per heavy atom. The predicted octanol–water partition coefficient (Wildman–Crippen LogP) is 3.23. The van der Waals surface area contributed by atoms with Gasteiger partial charge in [-0.05, 0) is 30.7 Å². The second kappa shape index (κ2) is 9.68. The maximum absolute atomic E-state index is 12.9. The number of nitrogens with zero attached hydrogens (tertiary/aromatic N) is 1. The van der Waals surface area contributed by atoms with Crippen molar-refractivity contribution in [3.8, 4) is 5.75 Å². The molecular weight excluding hydrogens is 424 g/mol. The molecule has 0 fully saturated rings. The molecule has 0 aliphatic carbocycles. The number of hydrogen-bond donors (Lipinski definition) is 1. The summed E-state index contributed by atoms with van der Waals surface area (Å²) in [6.45, 7) is 1.77. The van der Waals surface area contributed by atoms with Gasteiger partial charge >= 0.3 is 5.97 Å². The third-order valence-corrected chi connectivity index (χ3v) is 5.86. The summed E-state index contributed by atoms with van der Waals surface area (Å²) < 4.78 is 38.1. The summed E-state index contributed by atoms with van der Waals surface area (Å²) in [5.41, 5.74) is 0.0464.